The van der Waals surface area contributed by atoms with E-state index < -0.39 is 19.8 Å². The van der Waals surface area contributed by atoms with Crippen LogP contribution in [0.1, 0.15) is 27.7 Å². The van der Waals surface area contributed by atoms with Gasteiger partial charge in [-0.15, -0.1) is 0 Å². The number of ether oxygens (including phenoxy) is 1. The van der Waals surface area contributed by atoms with Gasteiger partial charge in [0.1, 0.15) is 11.8 Å². The highest BCUT2D eigenvalue weighted by atomic mass is 31.2. The van der Waals surface area contributed by atoms with E-state index in [1.54, 1.807) is 52.0 Å². The van der Waals surface area contributed by atoms with Gasteiger partial charge in [0, 0.05) is 0 Å². The lowest BCUT2D eigenvalue weighted by atomic mass is 10.3. The maximum Gasteiger partial charge on any atom is 0.459 e. The highest BCUT2D eigenvalue weighted by Crippen LogP contribution is 2.44. The number of esters is 1. The minimum Gasteiger partial charge on any atom is -0.462 e. The molecule has 21 heavy (non-hydrogen) atoms. The van der Waals surface area contributed by atoms with E-state index in [-0.39, 0.29) is 12.7 Å². The number of carbonyl (C=O) groups excluding carboxylic acids is 1. The lowest BCUT2D eigenvalue weighted by Gasteiger charge is -2.22. The van der Waals surface area contributed by atoms with E-state index >= 15 is 0 Å². The van der Waals surface area contributed by atoms with Crippen molar-refractivity contribution in [1.82, 2.24) is 5.09 Å². The third-order valence-corrected chi connectivity index (χ3v) is 4.08. The molecule has 1 N–H and O–H groups in total. The molecule has 1 aromatic rings. The van der Waals surface area contributed by atoms with Crippen molar-refractivity contribution in [2.45, 2.75) is 39.8 Å². The van der Waals surface area contributed by atoms with Gasteiger partial charge in [0.25, 0.3) is 0 Å². The topological polar surface area (TPSA) is 73.9 Å². The normalized spacial score (nSPS) is 15.3. The molecular weight excluding hydrogens is 293 g/mol. The predicted octanol–water partition coefficient (Wildman–Crippen LogP) is 3.14. The van der Waals surface area contributed by atoms with E-state index in [2.05, 4.69) is 5.09 Å². The minimum absolute atomic E-state index is 0.184. The monoisotopic (exact) mass is 315 g/mol. The van der Waals surface area contributed by atoms with Crippen LogP contribution in [-0.4, -0.2) is 24.7 Å². The van der Waals surface area contributed by atoms with Crippen LogP contribution in [0.4, 0.5) is 0 Å². The molecule has 0 radical (unpaired) electrons. The molecule has 0 saturated heterocycles. The second-order valence-corrected chi connectivity index (χ2v) is 6.35. The molecule has 1 unspecified atom stereocenters. The number of carbonyl (C=O) groups is 1. The van der Waals surface area contributed by atoms with Gasteiger partial charge in [-0.2, -0.15) is 5.09 Å². The van der Waals surface area contributed by atoms with E-state index in [0.717, 1.165) is 0 Å². The van der Waals surface area contributed by atoms with Crippen LogP contribution in [0.3, 0.4) is 0 Å². The molecule has 0 aliphatic heterocycles. The largest absolute Gasteiger partial charge is 0.462 e. The van der Waals surface area contributed by atoms with Crippen LogP contribution < -0.4 is 9.61 Å². The molecule has 7 heteroatoms. The summed E-state index contributed by atoms with van der Waals surface area (Å²) < 4.78 is 28.2. The van der Waals surface area contributed by atoms with Gasteiger partial charge in [0.2, 0.25) is 0 Å². The maximum absolute atomic E-state index is 12.6. The van der Waals surface area contributed by atoms with Gasteiger partial charge in [-0.3, -0.25) is 9.32 Å². The molecule has 0 fully saturated rings. The van der Waals surface area contributed by atoms with Gasteiger partial charge in [-0.1, -0.05) is 18.2 Å². The Balaban J connectivity index is 2.76. The van der Waals surface area contributed by atoms with Crippen LogP contribution in [-0.2, 0) is 18.6 Å². The first-order valence-electron chi connectivity index (χ1n) is 6.84. The fourth-order valence-corrected chi connectivity index (χ4v) is 3.00. The molecule has 0 aromatic heterocycles. The highest BCUT2D eigenvalue weighted by Gasteiger charge is 2.31. The minimum atomic E-state index is -3.65. The van der Waals surface area contributed by atoms with Crippen molar-refractivity contribution >= 4 is 13.7 Å². The predicted molar refractivity (Wildman–Crippen MR) is 80.1 cm³/mol. The van der Waals surface area contributed by atoms with E-state index in [4.69, 9.17) is 13.8 Å². The molecular formula is C14H22NO5P. The Labute approximate surface area is 125 Å². The standard InChI is InChI=1S/C14H22NO5P/c1-5-18-21(17,20-13-9-7-6-8-10-13)15-12(4)14(16)19-11(2)3/h6-12H,5H2,1-4H3,(H,15,17)/t12-,21?/m0/s1. The quantitative estimate of drug-likeness (QED) is 0.587. The summed E-state index contributed by atoms with van der Waals surface area (Å²) in [5.74, 6) is -0.118. The van der Waals surface area contributed by atoms with Crippen LogP contribution in [0.2, 0.25) is 0 Å². The number of hydrogen-bond acceptors (Lipinski definition) is 5. The Bertz CT molecular complexity index is 491. The Morgan fingerprint density at radius 3 is 2.38 bits per heavy atom. The second-order valence-electron chi connectivity index (χ2n) is 4.66. The molecule has 0 aliphatic carbocycles. The summed E-state index contributed by atoms with van der Waals surface area (Å²) in [7, 11) is -3.65. The molecule has 0 amide bonds. The summed E-state index contributed by atoms with van der Waals surface area (Å²) in [5.41, 5.74) is 0. The first kappa shape index (κ1) is 17.7. The molecule has 2 atom stereocenters. The first-order chi connectivity index (χ1) is 9.86. The molecule has 6 nitrogen and oxygen atoms in total. The lowest BCUT2D eigenvalue weighted by Crippen LogP contribution is -2.36. The van der Waals surface area contributed by atoms with Crippen LogP contribution in [0.15, 0.2) is 30.3 Å². The Morgan fingerprint density at radius 1 is 1.24 bits per heavy atom. The molecule has 0 heterocycles. The van der Waals surface area contributed by atoms with Gasteiger partial charge < -0.3 is 9.26 Å². The van der Waals surface area contributed by atoms with Gasteiger partial charge in [-0.25, -0.2) is 4.57 Å². The van der Waals surface area contributed by atoms with E-state index in [1.165, 1.54) is 0 Å². The van der Waals surface area contributed by atoms with Crippen LogP contribution in [0.25, 0.3) is 0 Å². The Hall–Kier alpha value is -1.36. The van der Waals surface area contributed by atoms with Crippen LogP contribution in [0.5, 0.6) is 5.75 Å². The number of rotatable bonds is 8. The number of hydrogen-bond donors (Lipinski definition) is 1. The lowest BCUT2D eigenvalue weighted by molar-refractivity contribution is -0.149. The molecule has 1 aromatic carbocycles. The van der Waals surface area contributed by atoms with Crippen molar-refractivity contribution < 1.29 is 23.1 Å². The van der Waals surface area contributed by atoms with Crippen LogP contribution >= 0.6 is 7.75 Å². The van der Waals surface area contributed by atoms with Gasteiger partial charge >= 0.3 is 13.7 Å². The van der Waals surface area contributed by atoms with E-state index in [0.29, 0.717) is 5.75 Å². The molecule has 1 rings (SSSR count). The molecule has 0 aliphatic rings. The Morgan fingerprint density at radius 2 is 1.86 bits per heavy atom. The van der Waals surface area contributed by atoms with E-state index in [1.807, 2.05) is 6.07 Å². The van der Waals surface area contributed by atoms with E-state index in [9.17, 15) is 9.36 Å². The third kappa shape index (κ3) is 6.29. The molecule has 0 spiro atoms. The van der Waals surface area contributed by atoms with Crippen LogP contribution in [0, 0.1) is 0 Å². The van der Waals surface area contributed by atoms with Gasteiger partial charge in [0.05, 0.1) is 12.7 Å². The summed E-state index contributed by atoms with van der Waals surface area (Å²) in [6.07, 6.45) is -0.247. The average molecular weight is 315 g/mol. The highest BCUT2D eigenvalue weighted by molar-refractivity contribution is 7.52. The first-order valence-corrected chi connectivity index (χ1v) is 8.38. The van der Waals surface area contributed by atoms with Crippen molar-refractivity contribution in [3.63, 3.8) is 0 Å². The van der Waals surface area contributed by atoms with Crippen molar-refractivity contribution in [3.05, 3.63) is 30.3 Å². The van der Waals surface area contributed by atoms with Crippen molar-refractivity contribution in [2.75, 3.05) is 6.61 Å². The van der Waals surface area contributed by atoms with Crippen molar-refractivity contribution in [3.8, 4) is 5.75 Å². The fourth-order valence-electron chi connectivity index (χ4n) is 1.50. The Kier molecular flexibility index (Phi) is 6.89. The maximum atomic E-state index is 12.6. The molecule has 118 valence electrons. The summed E-state index contributed by atoms with van der Waals surface area (Å²) in [5, 5.41) is 2.58. The zero-order chi connectivity index (χ0) is 15.9. The SMILES string of the molecule is CCOP(=O)(N[C@@H](C)C(=O)OC(C)C)Oc1ccccc1. The zero-order valence-corrected chi connectivity index (χ0v) is 13.6. The van der Waals surface area contributed by atoms with Crippen molar-refractivity contribution in [2.24, 2.45) is 0 Å². The van der Waals surface area contributed by atoms with Gasteiger partial charge in [0.15, 0.2) is 0 Å². The van der Waals surface area contributed by atoms with Gasteiger partial charge in [-0.05, 0) is 39.8 Å². The second kappa shape index (κ2) is 8.17. The molecule has 0 saturated carbocycles. The van der Waals surface area contributed by atoms with Crippen molar-refractivity contribution in [1.29, 1.82) is 0 Å². The number of para-hydroxylation sites is 1. The smallest absolute Gasteiger partial charge is 0.459 e. The fraction of sp³-hybridized carbons (Fsp3) is 0.500. The zero-order valence-electron chi connectivity index (χ0n) is 12.7. The number of nitrogens with one attached hydrogen (secondary N) is 1. The summed E-state index contributed by atoms with van der Waals surface area (Å²) in [6.45, 7) is 6.91. The third-order valence-electron chi connectivity index (χ3n) is 2.33. The average Bonchev–Trinajstić information content (AvgIpc) is 2.38. The summed E-state index contributed by atoms with van der Waals surface area (Å²) >= 11 is 0. The molecule has 0 bridgehead atoms. The summed E-state index contributed by atoms with van der Waals surface area (Å²) in [6, 6.07) is 7.82. The summed E-state index contributed by atoms with van der Waals surface area (Å²) in [4.78, 5) is 11.8. The number of benzene rings is 1.